The number of rotatable bonds is 1. The van der Waals surface area contributed by atoms with Gasteiger partial charge in [-0.05, 0) is 38.5 Å². The minimum atomic E-state index is -0.414. The fourth-order valence-corrected chi connectivity index (χ4v) is 2.63. The molecule has 19 heavy (non-hydrogen) atoms. The summed E-state index contributed by atoms with van der Waals surface area (Å²) in [6, 6.07) is 7.67. The van der Waals surface area contributed by atoms with E-state index in [0.717, 1.165) is 22.5 Å². The molecule has 96 valence electrons. The number of hydrogen-bond acceptors (Lipinski definition) is 2. The van der Waals surface area contributed by atoms with Gasteiger partial charge in [-0.1, -0.05) is 29.3 Å². The van der Waals surface area contributed by atoms with Crippen LogP contribution in [0.15, 0.2) is 47.7 Å². The van der Waals surface area contributed by atoms with Crippen LogP contribution in [-0.4, -0.2) is 11.7 Å². The summed E-state index contributed by atoms with van der Waals surface area (Å²) in [4.78, 5) is 25.8. The molecular formula is C16H15NO2. The molecule has 3 rings (SSSR count). The Hall–Kier alpha value is -2.16. The number of hydrogen-bond donors (Lipinski definition) is 0. The quantitative estimate of drug-likeness (QED) is 0.722. The van der Waals surface area contributed by atoms with Gasteiger partial charge in [0.15, 0.2) is 0 Å². The normalized spacial score (nSPS) is 22.2. The van der Waals surface area contributed by atoms with E-state index >= 15 is 0 Å². The number of ketones is 1. The van der Waals surface area contributed by atoms with Crippen LogP contribution < -0.4 is 4.90 Å². The van der Waals surface area contributed by atoms with Crippen LogP contribution >= 0.6 is 0 Å². The molecule has 3 nitrogen and oxygen atoms in total. The van der Waals surface area contributed by atoms with Crippen molar-refractivity contribution < 1.29 is 9.59 Å². The Morgan fingerprint density at radius 2 is 1.74 bits per heavy atom. The number of carbonyl (C=O) groups is 2. The Labute approximate surface area is 112 Å². The number of carbonyl (C=O) groups excluding carboxylic acids is 2. The highest BCUT2D eigenvalue weighted by molar-refractivity contribution is 6.46. The molecule has 0 bridgehead atoms. The molecule has 1 aromatic rings. The average Bonchev–Trinajstić information content (AvgIpc) is 2.64. The molecule has 0 spiro atoms. The van der Waals surface area contributed by atoms with E-state index in [-0.39, 0.29) is 11.7 Å². The van der Waals surface area contributed by atoms with Gasteiger partial charge in [0.2, 0.25) is 5.78 Å². The van der Waals surface area contributed by atoms with E-state index in [1.807, 2.05) is 50.3 Å². The van der Waals surface area contributed by atoms with Crippen molar-refractivity contribution in [3.8, 4) is 0 Å². The monoisotopic (exact) mass is 253 g/mol. The maximum Gasteiger partial charge on any atom is 0.299 e. The van der Waals surface area contributed by atoms with Gasteiger partial charge in [0, 0.05) is 11.4 Å². The minimum Gasteiger partial charge on any atom is -0.288 e. The lowest BCUT2D eigenvalue weighted by molar-refractivity contribution is -0.135. The van der Waals surface area contributed by atoms with Crippen molar-refractivity contribution in [1.82, 2.24) is 0 Å². The SMILES string of the molecule is CC1=CC=C2C(C1)C(=O)C(=O)N2c1ccc(C)cc1. The van der Waals surface area contributed by atoms with E-state index in [2.05, 4.69) is 0 Å². The molecule has 1 heterocycles. The summed E-state index contributed by atoms with van der Waals surface area (Å²) < 4.78 is 0. The Morgan fingerprint density at radius 1 is 1.05 bits per heavy atom. The van der Waals surface area contributed by atoms with Crippen molar-refractivity contribution in [3.63, 3.8) is 0 Å². The molecule has 0 radical (unpaired) electrons. The molecule has 1 saturated heterocycles. The van der Waals surface area contributed by atoms with Gasteiger partial charge in [-0.2, -0.15) is 0 Å². The van der Waals surface area contributed by atoms with Crippen molar-refractivity contribution in [2.45, 2.75) is 20.3 Å². The molecule has 1 amide bonds. The van der Waals surface area contributed by atoms with Crippen LogP contribution in [0.25, 0.3) is 0 Å². The van der Waals surface area contributed by atoms with Crippen LogP contribution in [0.3, 0.4) is 0 Å². The summed E-state index contributed by atoms with van der Waals surface area (Å²) in [6.07, 6.45) is 4.53. The van der Waals surface area contributed by atoms with Crippen LogP contribution in [0, 0.1) is 12.8 Å². The van der Waals surface area contributed by atoms with Crippen molar-refractivity contribution in [2.24, 2.45) is 5.92 Å². The van der Waals surface area contributed by atoms with Gasteiger partial charge >= 0.3 is 0 Å². The number of allylic oxidation sites excluding steroid dienone is 4. The predicted molar refractivity (Wildman–Crippen MR) is 73.6 cm³/mol. The number of benzene rings is 1. The molecule has 1 aliphatic carbocycles. The van der Waals surface area contributed by atoms with Gasteiger partial charge in [-0.25, -0.2) is 0 Å². The fourth-order valence-electron chi connectivity index (χ4n) is 2.63. The summed E-state index contributed by atoms with van der Waals surface area (Å²) in [6.45, 7) is 3.98. The van der Waals surface area contributed by atoms with E-state index in [0.29, 0.717) is 6.42 Å². The third-order valence-corrected chi connectivity index (χ3v) is 3.70. The molecule has 1 atom stereocenters. The Balaban J connectivity index is 2.07. The van der Waals surface area contributed by atoms with Crippen molar-refractivity contribution >= 4 is 17.4 Å². The zero-order valence-electron chi connectivity index (χ0n) is 11.0. The van der Waals surface area contributed by atoms with E-state index in [4.69, 9.17) is 0 Å². The maximum absolute atomic E-state index is 12.2. The average molecular weight is 253 g/mol. The van der Waals surface area contributed by atoms with Gasteiger partial charge < -0.3 is 0 Å². The molecule has 0 N–H and O–H groups in total. The first-order chi connectivity index (χ1) is 9.08. The zero-order chi connectivity index (χ0) is 13.6. The third kappa shape index (κ3) is 1.82. The number of fused-ring (bicyclic) bond motifs is 1. The maximum atomic E-state index is 12.2. The summed E-state index contributed by atoms with van der Waals surface area (Å²) in [7, 11) is 0. The highest BCUT2D eigenvalue weighted by Gasteiger charge is 2.44. The van der Waals surface area contributed by atoms with Gasteiger partial charge in [-0.15, -0.1) is 0 Å². The summed E-state index contributed by atoms with van der Waals surface area (Å²) >= 11 is 0. The molecule has 1 aliphatic heterocycles. The molecule has 1 unspecified atom stereocenters. The number of nitrogens with zero attached hydrogens (tertiary/aromatic N) is 1. The molecule has 1 aromatic carbocycles. The van der Waals surface area contributed by atoms with E-state index < -0.39 is 5.91 Å². The third-order valence-electron chi connectivity index (χ3n) is 3.70. The molecule has 0 aromatic heterocycles. The van der Waals surface area contributed by atoms with E-state index in [9.17, 15) is 9.59 Å². The number of anilines is 1. The van der Waals surface area contributed by atoms with E-state index in [1.54, 1.807) is 4.90 Å². The lowest BCUT2D eigenvalue weighted by Crippen LogP contribution is -2.25. The molecule has 0 saturated carbocycles. The first-order valence-corrected chi connectivity index (χ1v) is 6.40. The van der Waals surface area contributed by atoms with Crippen molar-refractivity contribution in [2.75, 3.05) is 4.90 Å². The fraction of sp³-hybridized carbons (Fsp3) is 0.250. The number of Topliss-reactive ketones (excluding diaryl/α,β-unsaturated/α-hetero) is 1. The van der Waals surface area contributed by atoms with Crippen LogP contribution in [0.5, 0.6) is 0 Å². The summed E-state index contributed by atoms with van der Waals surface area (Å²) in [5, 5.41) is 0. The van der Waals surface area contributed by atoms with Crippen LogP contribution in [0.2, 0.25) is 0 Å². The lowest BCUT2D eigenvalue weighted by atomic mass is 9.91. The summed E-state index contributed by atoms with van der Waals surface area (Å²) in [5.74, 6) is -0.999. The second kappa shape index (κ2) is 4.19. The van der Waals surface area contributed by atoms with Gasteiger partial charge in [0.05, 0.1) is 5.92 Å². The minimum absolute atomic E-state index is 0.292. The standard InChI is InChI=1S/C16H15NO2/c1-10-3-6-12(7-4-10)17-14-8-5-11(2)9-13(14)15(18)16(17)19/h3-8,13H,9H2,1-2H3. The molecular weight excluding hydrogens is 238 g/mol. The Bertz CT molecular complexity index is 623. The van der Waals surface area contributed by atoms with Gasteiger partial charge in [0.1, 0.15) is 0 Å². The topological polar surface area (TPSA) is 37.4 Å². The molecule has 2 aliphatic rings. The summed E-state index contributed by atoms with van der Waals surface area (Å²) in [5.41, 5.74) is 3.85. The molecule has 3 heteroatoms. The van der Waals surface area contributed by atoms with Gasteiger partial charge in [-0.3, -0.25) is 14.5 Å². The second-order valence-electron chi connectivity index (χ2n) is 5.20. The Morgan fingerprint density at radius 3 is 2.42 bits per heavy atom. The van der Waals surface area contributed by atoms with Crippen LogP contribution in [-0.2, 0) is 9.59 Å². The highest BCUT2D eigenvalue weighted by atomic mass is 16.2. The first-order valence-electron chi connectivity index (χ1n) is 6.40. The number of amides is 1. The second-order valence-corrected chi connectivity index (χ2v) is 5.20. The van der Waals surface area contributed by atoms with Gasteiger partial charge in [0.25, 0.3) is 5.91 Å². The zero-order valence-corrected chi connectivity index (χ0v) is 11.0. The van der Waals surface area contributed by atoms with Crippen LogP contribution in [0.4, 0.5) is 5.69 Å². The lowest BCUT2D eigenvalue weighted by Gasteiger charge is -2.21. The first kappa shape index (κ1) is 11.9. The largest absolute Gasteiger partial charge is 0.299 e. The van der Waals surface area contributed by atoms with Crippen molar-refractivity contribution in [1.29, 1.82) is 0 Å². The molecule has 1 fully saturated rings. The smallest absolute Gasteiger partial charge is 0.288 e. The number of aryl methyl sites for hydroxylation is 1. The predicted octanol–water partition coefficient (Wildman–Crippen LogP) is 2.76. The van der Waals surface area contributed by atoms with Crippen LogP contribution in [0.1, 0.15) is 18.9 Å². The van der Waals surface area contributed by atoms with Crippen molar-refractivity contribution in [3.05, 3.63) is 53.3 Å². The highest BCUT2D eigenvalue weighted by Crippen LogP contribution is 2.37. The van der Waals surface area contributed by atoms with E-state index in [1.165, 1.54) is 0 Å². The Kier molecular flexibility index (Phi) is 2.63.